The number of anilines is 1. The number of hydrogen-bond donors (Lipinski definition) is 1. The third kappa shape index (κ3) is 4.21. The van der Waals surface area contributed by atoms with Gasteiger partial charge >= 0.3 is 0 Å². The highest BCUT2D eigenvalue weighted by molar-refractivity contribution is 7.98. The van der Waals surface area contributed by atoms with Crippen LogP contribution in [0.1, 0.15) is 29.7 Å². The average molecular weight is 451 g/mol. The fourth-order valence-corrected chi connectivity index (χ4v) is 4.48. The van der Waals surface area contributed by atoms with E-state index in [1.54, 1.807) is 6.07 Å². The van der Waals surface area contributed by atoms with E-state index in [1.807, 2.05) is 62.6 Å². The van der Waals surface area contributed by atoms with Crippen molar-refractivity contribution < 1.29 is 4.42 Å². The molecule has 0 saturated heterocycles. The third-order valence-electron chi connectivity index (χ3n) is 5.29. The van der Waals surface area contributed by atoms with E-state index in [4.69, 9.17) is 16.0 Å². The van der Waals surface area contributed by atoms with E-state index < -0.39 is 0 Å². The van der Waals surface area contributed by atoms with E-state index in [2.05, 4.69) is 23.3 Å². The minimum Gasteiger partial charge on any atom is -0.455 e. The van der Waals surface area contributed by atoms with Crippen molar-refractivity contribution in [3.05, 3.63) is 86.7 Å². The number of nitrogens with zero attached hydrogens (tertiary/aromatic N) is 1. The molecule has 0 bridgehead atoms. The van der Waals surface area contributed by atoms with Gasteiger partial charge in [0.15, 0.2) is 5.43 Å². The predicted octanol–water partition coefficient (Wildman–Crippen LogP) is 7.02. The minimum atomic E-state index is -0.120. The van der Waals surface area contributed by atoms with Gasteiger partial charge in [-0.2, -0.15) is 0 Å². The fourth-order valence-electron chi connectivity index (χ4n) is 3.75. The summed E-state index contributed by atoms with van der Waals surface area (Å²) < 4.78 is 6.40. The number of benzene rings is 2. The molecule has 0 amide bonds. The van der Waals surface area contributed by atoms with Crippen LogP contribution < -0.4 is 10.7 Å². The van der Waals surface area contributed by atoms with Crippen LogP contribution in [-0.4, -0.2) is 11.2 Å². The summed E-state index contributed by atoms with van der Waals surface area (Å²) >= 11 is 7.58. The molecule has 2 aromatic heterocycles. The molecule has 2 aromatic carbocycles. The van der Waals surface area contributed by atoms with Crippen LogP contribution >= 0.6 is 23.4 Å². The second-order valence-electron chi connectivity index (χ2n) is 7.54. The average Bonchev–Trinajstić information content (AvgIpc) is 2.77. The first-order chi connectivity index (χ1) is 14.9. The van der Waals surface area contributed by atoms with Gasteiger partial charge < -0.3 is 9.73 Å². The van der Waals surface area contributed by atoms with Gasteiger partial charge in [-0.05, 0) is 50.8 Å². The molecule has 158 valence electrons. The predicted molar refractivity (Wildman–Crippen MR) is 130 cm³/mol. The summed E-state index contributed by atoms with van der Waals surface area (Å²) in [6, 6.07) is 17.3. The van der Waals surface area contributed by atoms with E-state index in [1.165, 1.54) is 11.8 Å². The largest absolute Gasteiger partial charge is 0.455 e. The van der Waals surface area contributed by atoms with Crippen molar-refractivity contribution in [1.29, 1.82) is 0 Å². The quantitative estimate of drug-likeness (QED) is 0.261. The molecule has 2 heterocycles. The molecular formula is C25H23ClN2O2S. The molecule has 4 rings (SSSR count). The standard InChI is InChI=1S/C25H23ClN2O2S/c1-14-12-18(16(3)27-20-10-11-21(26)28-25(20)31-4)24-19(13-14)22(29)15(2)23(30-24)17-8-6-5-7-9-17/h5-13,16,27H,1-4H3/t16-/m1/s1. The molecule has 0 spiro atoms. The van der Waals surface area contributed by atoms with Crippen LogP contribution in [-0.2, 0) is 0 Å². The van der Waals surface area contributed by atoms with Crippen molar-refractivity contribution in [2.24, 2.45) is 0 Å². The van der Waals surface area contributed by atoms with Gasteiger partial charge in [0.1, 0.15) is 21.5 Å². The fraction of sp³-hybridized carbons (Fsp3) is 0.200. The Kier molecular flexibility index (Phi) is 6.08. The molecular weight excluding hydrogens is 428 g/mol. The van der Waals surface area contributed by atoms with Crippen LogP contribution in [0.4, 0.5) is 5.69 Å². The highest BCUT2D eigenvalue weighted by Crippen LogP contribution is 2.33. The Morgan fingerprint density at radius 2 is 1.84 bits per heavy atom. The number of aromatic nitrogens is 1. The summed E-state index contributed by atoms with van der Waals surface area (Å²) in [5.74, 6) is 0.605. The van der Waals surface area contributed by atoms with Crippen LogP contribution in [0.3, 0.4) is 0 Å². The van der Waals surface area contributed by atoms with Gasteiger partial charge in [-0.1, -0.05) is 48.0 Å². The van der Waals surface area contributed by atoms with E-state index in [-0.39, 0.29) is 11.5 Å². The van der Waals surface area contributed by atoms with E-state index in [9.17, 15) is 4.79 Å². The Morgan fingerprint density at radius 1 is 1.10 bits per heavy atom. The molecule has 0 saturated carbocycles. The van der Waals surface area contributed by atoms with Crippen molar-refractivity contribution in [2.45, 2.75) is 31.8 Å². The zero-order valence-corrected chi connectivity index (χ0v) is 19.4. The molecule has 0 aliphatic heterocycles. The van der Waals surface area contributed by atoms with Gasteiger partial charge in [0.05, 0.1) is 17.1 Å². The SMILES string of the molecule is CSc1nc(Cl)ccc1N[C@H](C)c1cc(C)cc2c(=O)c(C)c(-c3ccccc3)oc12. The summed E-state index contributed by atoms with van der Waals surface area (Å²) in [5.41, 5.74) is 4.92. The first-order valence-electron chi connectivity index (χ1n) is 9.99. The van der Waals surface area contributed by atoms with Crippen molar-refractivity contribution in [3.8, 4) is 11.3 Å². The zero-order chi connectivity index (χ0) is 22.1. The number of nitrogens with one attached hydrogen (secondary N) is 1. The van der Waals surface area contributed by atoms with Gasteiger partial charge in [0, 0.05) is 16.7 Å². The van der Waals surface area contributed by atoms with Crippen LogP contribution in [0.2, 0.25) is 5.15 Å². The normalized spacial score (nSPS) is 12.2. The molecule has 31 heavy (non-hydrogen) atoms. The number of halogens is 1. The highest BCUT2D eigenvalue weighted by atomic mass is 35.5. The van der Waals surface area contributed by atoms with E-state index in [0.29, 0.717) is 27.4 Å². The number of pyridine rings is 1. The summed E-state index contributed by atoms with van der Waals surface area (Å²) in [4.78, 5) is 17.6. The van der Waals surface area contributed by atoms with Crippen molar-refractivity contribution >= 4 is 40.0 Å². The smallest absolute Gasteiger partial charge is 0.196 e. The van der Waals surface area contributed by atoms with Gasteiger partial charge in [-0.15, -0.1) is 11.8 Å². The number of rotatable bonds is 5. The van der Waals surface area contributed by atoms with Gasteiger partial charge in [0.2, 0.25) is 0 Å². The molecule has 4 aromatic rings. The Hall–Kier alpha value is -2.76. The monoisotopic (exact) mass is 450 g/mol. The van der Waals surface area contributed by atoms with Gasteiger partial charge in [-0.3, -0.25) is 4.79 Å². The molecule has 1 N–H and O–H groups in total. The molecule has 1 atom stereocenters. The lowest BCUT2D eigenvalue weighted by Crippen LogP contribution is -2.13. The Labute approximate surface area is 190 Å². The Balaban J connectivity index is 1.88. The first-order valence-corrected chi connectivity index (χ1v) is 11.6. The maximum atomic E-state index is 13.2. The Morgan fingerprint density at radius 3 is 2.55 bits per heavy atom. The summed E-state index contributed by atoms with van der Waals surface area (Å²) in [5, 5.41) is 5.39. The molecule has 0 radical (unpaired) electrons. The lowest BCUT2D eigenvalue weighted by molar-refractivity contribution is 0.605. The van der Waals surface area contributed by atoms with Crippen molar-refractivity contribution in [2.75, 3.05) is 11.6 Å². The zero-order valence-electron chi connectivity index (χ0n) is 17.8. The molecule has 0 unspecified atom stereocenters. The Bertz CT molecular complexity index is 1320. The highest BCUT2D eigenvalue weighted by Gasteiger charge is 2.19. The van der Waals surface area contributed by atoms with Crippen LogP contribution in [0.15, 0.2) is 68.8 Å². The number of thioether (sulfide) groups is 1. The molecule has 0 aliphatic rings. The third-order valence-corrected chi connectivity index (χ3v) is 6.19. The van der Waals surface area contributed by atoms with E-state index in [0.717, 1.165) is 27.4 Å². The lowest BCUT2D eigenvalue weighted by Gasteiger charge is -2.20. The molecule has 6 heteroatoms. The van der Waals surface area contributed by atoms with Crippen molar-refractivity contribution in [3.63, 3.8) is 0 Å². The van der Waals surface area contributed by atoms with Crippen LogP contribution in [0.25, 0.3) is 22.3 Å². The van der Waals surface area contributed by atoms with Gasteiger partial charge in [-0.25, -0.2) is 4.98 Å². The van der Waals surface area contributed by atoms with E-state index >= 15 is 0 Å². The molecule has 0 aliphatic carbocycles. The summed E-state index contributed by atoms with van der Waals surface area (Å²) in [6.45, 7) is 5.86. The maximum absolute atomic E-state index is 13.2. The topological polar surface area (TPSA) is 55.1 Å². The lowest BCUT2D eigenvalue weighted by atomic mass is 9.99. The van der Waals surface area contributed by atoms with Gasteiger partial charge in [0.25, 0.3) is 0 Å². The second-order valence-corrected chi connectivity index (χ2v) is 8.72. The number of fused-ring (bicyclic) bond motifs is 1. The summed E-state index contributed by atoms with van der Waals surface area (Å²) in [6.07, 6.45) is 1.96. The van der Waals surface area contributed by atoms with Crippen molar-refractivity contribution in [1.82, 2.24) is 4.98 Å². The maximum Gasteiger partial charge on any atom is 0.196 e. The second kappa shape index (κ2) is 8.77. The van der Waals surface area contributed by atoms with Crippen LogP contribution in [0, 0.1) is 13.8 Å². The molecule has 4 nitrogen and oxygen atoms in total. The minimum absolute atomic E-state index is 0.00443. The molecule has 0 fully saturated rings. The summed E-state index contributed by atoms with van der Waals surface area (Å²) in [7, 11) is 0. The number of hydrogen-bond acceptors (Lipinski definition) is 5. The first kappa shape index (κ1) is 21.5. The number of aryl methyl sites for hydroxylation is 1. The van der Waals surface area contributed by atoms with Crippen LogP contribution in [0.5, 0.6) is 0 Å².